The van der Waals surface area contributed by atoms with E-state index in [9.17, 15) is 18.0 Å². The molecule has 2 rings (SSSR count). The number of thioether (sulfide) groups is 1. The van der Waals surface area contributed by atoms with Crippen molar-refractivity contribution < 1.29 is 27.5 Å². The molecular weight excluding hydrogens is 295 g/mol. The number of oxazole rings is 1. The highest BCUT2D eigenvalue weighted by molar-refractivity contribution is 7.98. The lowest BCUT2D eigenvalue weighted by Gasteiger charge is -2.02. The summed E-state index contributed by atoms with van der Waals surface area (Å²) in [6.07, 6.45) is -3.14. The van der Waals surface area contributed by atoms with Crippen LogP contribution in [0.2, 0.25) is 0 Å². The molecular formula is C12H8F3NO3S. The number of aromatic carboxylic acids is 1. The third-order valence-corrected chi connectivity index (χ3v) is 3.22. The van der Waals surface area contributed by atoms with Crippen molar-refractivity contribution in [2.24, 2.45) is 0 Å². The molecule has 4 nitrogen and oxygen atoms in total. The molecule has 0 saturated carbocycles. The van der Waals surface area contributed by atoms with E-state index in [-0.39, 0.29) is 5.89 Å². The van der Waals surface area contributed by atoms with Crippen LogP contribution in [0, 0.1) is 0 Å². The second-order valence-corrected chi connectivity index (χ2v) is 4.55. The minimum absolute atomic E-state index is 0.318. The molecule has 1 aromatic carbocycles. The van der Waals surface area contributed by atoms with Crippen LogP contribution in [0.15, 0.2) is 33.6 Å². The van der Waals surface area contributed by atoms with Gasteiger partial charge in [-0.1, -0.05) is 12.1 Å². The molecule has 106 valence electrons. The first kappa shape index (κ1) is 14.4. The van der Waals surface area contributed by atoms with Crippen molar-refractivity contribution in [2.45, 2.75) is 11.1 Å². The topological polar surface area (TPSA) is 63.3 Å². The van der Waals surface area contributed by atoms with E-state index in [2.05, 4.69) is 4.98 Å². The van der Waals surface area contributed by atoms with Crippen molar-refractivity contribution in [3.63, 3.8) is 0 Å². The zero-order valence-electron chi connectivity index (χ0n) is 10.1. The van der Waals surface area contributed by atoms with Crippen LogP contribution in [-0.2, 0) is 6.18 Å². The fraction of sp³-hybridized carbons (Fsp3) is 0.167. The van der Waals surface area contributed by atoms with Gasteiger partial charge in [0.2, 0.25) is 11.7 Å². The maximum atomic E-state index is 12.7. The van der Waals surface area contributed by atoms with E-state index < -0.39 is 23.6 Å². The Hall–Kier alpha value is -1.96. The van der Waals surface area contributed by atoms with Crippen LogP contribution in [0.5, 0.6) is 0 Å². The summed E-state index contributed by atoms with van der Waals surface area (Å²) in [5.74, 6) is -3.37. The van der Waals surface area contributed by atoms with Crippen LogP contribution in [0.1, 0.15) is 16.2 Å². The highest BCUT2D eigenvalue weighted by Crippen LogP contribution is 2.36. The van der Waals surface area contributed by atoms with Crippen molar-refractivity contribution in [3.8, 4) is 11.5 Å². The third-order valence-electron chi connectivity index (χ3n) is 2.43. The van der Waals surface area contributed by atoms with Gasteiger partial charge >= 0.3 is 12.1 Å². The Kier molecular flexibility index (Phi) is 3.76. The SMILES string of the molecule is CSc1ccccc1-c1nc(C(F)(F)F)c(C(=O)O)o1. The summed E-state index contributed by atoms with van der Waals surface area (Å²) < 4.78 is 43.0. The summed E-state index contributed by atoms with van der Waals surface area (Å²) >= 11 is 1.29. The number of alkyl halides is 3. The van der Waals surface area contributed by atoms with Crippen LogP contribution in [0.25, 0.3) is 11.5 Å². The van der Waals surface area contributed by atoms with Crippen molar-refractivity contribution in [3.05, 3.63) is 35.7 Å². The summed E-state index contributed by atoms with van der Waals surface area (Å²) in [5, 5.41) is 8.78. The number of hydrogen-bond donors (Lipinski definition) is 1. The largest absolute Gasteiger partial charge is 0.475 e. The first-order chi connectivity index (χ1) is 9.34. The van der Waals surface area contributed by atoms with Crippen molar-refractivity contribution >= 4 is 17.7 Å². The molecule has 0 unspecified atom stereocenters. The van der Waals surface area contributed by atoms with Gasteiger partial charge in [-0.15, -0.1) is 11.8 Å². The standard InChI is InChI=1S/C12H8F3NO3S/c1-20-7-5-3-2-4-6(7)10-16-9(12(13,14)15)8(19-10)11(17)18/h2-5H,1H3,(H,17,18). The number of benzene rings is 1. The van der Waals surface area contributed by atoms with E-state index in [1.54, 1.807) is 24.5 Å². The van der Waals surface area contributed by atoms with E-state index in [4.69, 9.17) is 9.52 Å². The Morgan fingerprint density at radius 1 is 1.35 bits per heavy atom. The summed E-state index contributed by atoms with van der Waals surface area (Å²) in [6.45, 7) is 0. The third kappa shape index (κ3) is 2.64. The molecule has 1 aromatic heterocycles. The van der Waals surface area contributed by atoms with E-state index in [1.165, 1.54) is 17.8 Å². The number of halogens is 3. The van der Waals surface area contributed by atoms with E-state index in [0.29, 0.717) is 10.5 Å². The van der Waals surface area contributed by atoms with Gasteiger partial charge in [-0.05, 0) is 18.4 Å². The molecule has 20 heavy (non-hydrogen) atoms. The summed E-state index contributed by atoms with van der Waals surface area (Å²) in [5.41, 5.74) is -1.21. The molecule has 1 N–H and O–H groups in total. The van der Waals surface area contributed by atoms with Gasteiger partial charge in [-0.3, -0.25) is 0 Å². The smallest absolute Gasteiger partial charge is 0.437 e. The average molecular weight is 303 g/mol. The highest BCUT2D eigenvalue weighted by atomic mass is 32.2. The minimum atomic E-state index is -4.89. The lowest BCUT2D eigenvalue weighted by Crippen LogP contribution is -2.11. The average Bonchev–Trinajstić information content (AvgIpc) is 2.83. The summed E-state index contributed by atoms with van der Waals surface area (Å²) in [4.78, 5) is 14.8. The maximum Gasteiger partial charge on any atom is 0.437 e. The van der Waals surface area contributed by atoms with E-state index >= 15 is 0 Å². The zero-order chi connectivity index (χ0) is 14.9. The second-order valence-electron chi connectivity index (χ2n) is 3.70. The fourth-order valence-electron chi connectivity index (χ4n) is 1.59. The quantitative estimate of drug-likeness (QED) is 0.874. The summed E-state index contributed by atoms with van der Waals surface area (Å²) in [6, 6.07) is 6.51. The van der Waals surface area contributed by atoms with Crippen LogP contribution in [0.4, 0.5) is 13.2 Å². The van der Waals surface area contributed by atoms with Gasteiger partial charge < -0.3 is 9.52 Å². The van der Waals surface area contributed by atoms with Gasteiger partial charge in [0.05, 0.1) is 5.56 Å². The predicted molar refractivity (Wildman–Crippen MR) is 65.7 cm³/mol. The van der Waals surface area contributed by atoms with Crippen LogP contribution in [0.3, 0.4) is 0 Å². The number of carboxylic acid groups (broad SMARTS) is 1. The maximum absolute atomic E-state index is 12.7. The number of aromatic nitrogens is 1. The number of carbonyl (C=O) groups is 1. The molecule has 0 aliphatic carbocycles. The number of rotatable bonds is 3. The van der Waals surface area contributed by atoms with Gasteiger partial charge in [0.1, 0.15) is 0 Å². The van der Waals surface area contributed by atoms with Crippen LogP contribution in [-0.4, -0.2) is 22.3 Å². The predicted octanol–water partition coefficient (Wildman–Crippen LogP) is 3.78. The molecule has 0 atom stereocenters. The Morgan fingerprint density at radius 3 is 2.50 bits per heavy atom. The Morgan fingerprint density at radius 2 is 2.00 bits per heavy atom. The molecule has 0 fully saturated rings. The summed E-state index contributed by atoms with van der Waals surface area (Å²) in [7, 11) is 0. The molecule has 8 heteroatoms. The molecule has 2 aromatic rings. The number of nitrogens with zero attached hydrogens (tertiary/aromatic N) is 1. The lowest BCUT2D eigenvalue weighted by atomic mass is 10.2. The molecule has 0 saturated heterocycles. The second kappa shape index (κ2) is 5.20. The van der Waals surface area contributed by atoms with Crippen molar-refractivity contribution in [1.82, 2.24) is 4.98 Å². The van der Waals surface area contributed by atoms with Crippen LogP contribution >= 0.6 is 11.8 Å². The molecule has 1 heterocycles. The number of carboxylic acids is 1. The number of hydrogen-bond acceptors (Lipinski definition) is 4. The van der Waals surface area contributed by atoms with E-state index in [1.807, 2.05) is 0 Å². The van der Waals surface area contributed by atoms with Gasteiger partial charge in [-0.2, -0.15) is 13.2 Å². The molecule has 0 amide bonds. The van der Waals surface area contributed by atoms with E-state index in [0.717, 1.165) is 0 Å². The monoisotopic (exact) mass is 303 g/mol. The van der Waals surface area contributed by atoms with Crippen molar-refractivity contribution in [2.75, 3.05) is 6.26 Å². The normalized spacial score (nSPS) is 11.6. The van der Waals surface area contributed by atoms with Gasteiger partial charge in [0.25, 0.3) is 0 Å². The highest BCUT2D eigenvalue weighted by Gasteiger charge is 2.41. The molecule has 0 aliphatic rings. The minimum Gasteiger partial charge on any atom is -0.475 e. The zero-order valence-corrected chi connectivity index (χ0v) is 10.9. The Bertz CT molecular complexity index is 652. The van der Waals surface area contributed by atoms with Gasteiger partial charge in [0, 0.05) is 4.90 Å². The fourth-order valence-corrected chi connectivity index (χ4v) is 2.18. The molecule has 0 spiro atoms. The van der Waals surface area contributed by atoms with Crippen LogP contribution < -0.4 is 0 Å². The Balaban J connectivity index is 2.62. The molecule has 0 radical (unpaired) electrons. The first-order valence-electron chi connectivity index (χ1n) is 5.29. The Labute approximate surface area is 115 Å². The van der Waals surface area contributed by atoms with Crippen molar-refractivity contribution in [1.29, 1.82) is 0 Å². The molecule has 0 bridgehead atoms. The van der Waals surface area contributed by atoms with Gasteiger partial charge in [-0.25, -0.2) is 9.78 Å². The lowest BCUT2D eigenvalue weighted by molar-refractivity contribution is -0.141. The molecule has 0 aliphatic heterocycles. The first-order valence-corrected chi connectivity index (χ1v) is 6.51. The van der Waals surface area contributed by atoms with Gasteiger partial charge in [0.15, 0.2) is 5.69 Å².